The predicted octanol–water partition coefficient (Wildman–Crippen LogP) is 16.5. The van der Waals surface area contributed by atoms with Gasteiger partial charge in [-0.2, -0.15) is 23.7 Å². The third-order valence-electron chi connectivity index (χ3n) is 14.5. The lowest BCUT2D eigenvalue weighted by atomic mass is 9.91. The van der Waals surface area contributed by atoms with Crippen LogP contribution in [0.1, 0.15) is 16.7 Å². The molecular weight excluding hydrogens is 898 g/mol. The first kappa shape index (κ1) is 41.2. The van der Waals surface area contributed by atoms with Gasteiger partial charge >= 0.3 is 6.18 Å². The second-order valence-electron chi connectivity index (χ2n) is 18.2. The molecule has 14 aromatic rings. The van der Waals surface area contributed by atoms with E-state index in [0.29, 0.717) is 16.9 Å². The van der Waals surface area contributed by atoms with Crippen LogP contribution >= 0.6 is 0 Å². The molecule has 0 amide bonds. The highest BCUT2D eigenvalue weighted by atomic mass is 19.4. The number of nitriles is 2. The molecule has 0 bridgehead atoms. The van der Waals surface area contributed by atoms with Crippen molar-refractivity contribution >= 4 is 87.2 Å². The summed E-state index contributed by atoms with van der Waals surface area (Å²) in [5.41, 5.74) is 8.39. The number of rotatable bonds is 5. The van der Waals surface area contributed by atoms with E-state index < -0.39 is 11.7 Å². The summed E-state index contributed by atoms with van der Waals surface area (Å²) in [7, 11) is 0. The van der Waals surface area contributed by atoms with Crippen LogP contribution in [0.2, 0.25) is 0 Å². The van der Waals surface area contributed by atoms with E-state index in [1.54, 1.807) is 12.1 Å². The lowest BCUT2D eigenvalue weighted by Gasteiger charge is -2.22. The van der Waals surface area contributed by atoms with Crippen LogP contribution in [0, 0.1) is 22.7 Å². The Kier molecular flexibility index (Phi) is 8.77. The first-order chi connectivity index (χ1) is 35.3. The summed E-state index contributed by atoms with van der Waals surface area (Å²) in [6.07, 6.45) is -4.85. The molecule has 72 heavy (non-hydrogen) atoms. The Labute approximate surface area is 408 Å². The van der Waals surface area contributed by atoms with Crippen molar-refractivity contribution in [2.24, 2.45) is 0 Å². The van der Waals surface area contributed by atoms with E-state index in [0.717, 1.165) is 99.1 Å². The fraction of sp³-hybridized carbons (Fsp3) is 0.0159. The Hall–Kier alpha value is -9.83. The fourth-order valence-corrected chi connectivity index (χ4v) is 11.5. The summed E-state index contributed by atoms with van der Waals surface area (Å²) in [5.74, 6) is 0. The van der Waals surface area contributed by atoms with Gasteiger partial charge in [0.25, 0.3) is 0 Å². The highest BCUT2D eigenvalue weighted by Crippen LogP contribution is 2.47. The second kappa shape index (κ2) is 15.3. The lowest BCUT2D eigenvalue weighted by molar-refractivity contribution is -0.137. The van der Waals surface area contributed by atoms with Crippen LogP contribution in [0.3, 0.4) is 0 Å². The molecule has 6 nitrogen and oxygen atoms in total. The number of hydrogen-bond donors (Lipinski definition) is 0. The number of fused-ring (bicyclic) bond motifs is 12. The Morgan fingerprint density at radius 1 is 0.319 bits per heavy atom. The first-order valence-electron chi connectivity index (χ1n) is 23.5. The standard InChI is InChI=1S/C63H35F3N6/c64-63(65,66)51-21-13-14-38(36-67)62(51)50-35-58(71-56-26-11-5-19-46(56)48-30-28-40(33-60(48)71)69-52-22-7-1-15-42(52)43-16-2-8-23-53(43)69)39(37-68)32-59(50)72-57-27-12-6-20-47(57)49-31-29-41(34-61(49)72)70-54-24-9-3-17-44(54)45-18-4-10-25-55(45)70/h1-35H. The number of nitrogens with zero attached hydrogens (tertiary/aromatic N) is 6. The van der Waals surface area contributed by atoms with Crippen LogP contribution in [-0.4, -0.2) is 18.3 Å². The van der Waals surface area contributed by atoms with Gasteiger partial charge < -0.3 is 18.3 Å². The Morgan fingerprint density at radius 2 is 0.681 bits per heavy atom. The monoisotopic (exact) mass is 932 g/mol. The van der Waals surface area contributed by atoms with Crippen LogP contribution in [0.4, 0.5) is 13.2 Å². The van der Waals surface area contributed by atoms with E-state index >= 15 is 13.2 Å². The highest BCUT2D eigenvalue weighted by Gasteiger charge is 2.36. The molecule has 0 saturated heterocycles. The molecule has 0 fully saturated rings. The molecule has 0 unspecified atom stereocenters. The van der Waals surface area contributed by atoms with Crippen molar-refractivity contribution in [2.75, 3.05) is 0 Å². The van der Waals surface area contributed by atoms with Crippen LogP contribution in [0.5, 0.6) is 0 Å². The summed E-state index contributed by atoms with van der Waals surface area (Å²) in [4.78, 5) is 0. The van der Waals surface area contributed by atoms with E-state index in [9.17, 15) is 10.5 Å². The van der Waals surface area contributed by atoms with Gasteiger partial charge in [0.1, 0.15) is 6.07 Å². The molecule has 0 saturated carbocycles. The van der Waals surface area contributed by atoms with Crippen molar-refractivity contribution in [3.8, 4) is 46.0 Å². The molecule has 10 aromatic carbocycles. The Bertz CT molecular complexity index is 4610. The van der Waals surface area contributed by atoms with Crippen molar-refractivity contribution in [1.82, 2.24) is 18.3 Å². The van der Waals surface area contributed by atoms with E-state index in [1.165, 1.54) is 12.1 Å². The molecule has 338 valence electrons. The SMILES string of the molecule is N#Cc1cc(-n2c3ccccc3c3ccc(-n4c5ccccc5c5ccccc54)cc32)c(-c2c(C#N)cccc2C(F)(F)F)cc1-n1c2ccccc2c2ccc(-n3c4ccccc4c4ccccc43)cc21. The van der Waals surface area contributed by atoms with Crippen LogP contribution in [0.15, 0.2) is 212 Å². The number of alkyl halides is 3. The normalized spacial score (nSPS) is 12.1. The second-order valence-corrected chi connectivity index (χ2v) is 18.2. The highest BCUT2D eigenvalue weighted by molar-refractivity contribution is 6.14. The van der Waals surface area contributed by atoms with Gasteiger partial charge in [0.2, 0.25) is 0 Å². The Balaban J connectivity index is 1.11. The number of para-hydroxylation sites is 6. The van der Waals surface area contributed by atoms with Gasteiger partial charge in [-0.1, -0.05) is 127 Å². The summed E-state index contributed by atoms with van der Waals surface area (Å²) >= 11 is 0. The fourth-order valence-electron chi connectivity index (χ4n) is 11.5. The maximum atomic E-state index is 15.7. The molecule has 0 radical (unpaired) electrons. The van der Waals surface area contributed by atoms with Crippen LogP contribution < -0.4 is 0 Å². The smallest absolute Gasteiger partial charge is 0.309 e. The van der Waals surface area contributed by atoms with Crippen molar-refractivity contribution < 1.29 is 13.2 Å². The first-order valence-corrected chi connectivity index (χ1v) is 23.5. The zero-order valence-corrected chi connectivity index (χ0v) is 38.0. The van der Waals surface area contributed by atoms with E-state index in [1.807, 2.05) is 106 Å². The third-order valence-corrected chi connectivity index (χ3v) is 14.5. The summed E-state index contributed by atoms with van der Waals surface area (Å²) in [5, 5.41) is 30.2. The van der Waals surface area contributed by atoms with Crippen molar-refractivity contribution in [3.63, 3.8) is 0 Å². The molecule has 0 aliphatic carbocycles. The minimum Gasteiger partial charge on any atom is -0.309 e. The lowest BCUT2D eigenvalue weighted by Crippen LogP contribution is -2.11. The van der Waals surface area contributed by atoms with E-state index in [-0.39, 0.29) is 22.3 Å². The van der Waals surface area contributed by atoms with Gasteiger partial charge in [-0.15, -0.1) is 0 Å². The van der Waals surface area contributed by atoms with Crippen molar-refractivity contribution in [1.29, 1.82) is 10.5 Å². The van der Waals surface area contributed by atoms with Gasteiger partial charge in [0, 0.05) is 65.6 Å². The molecule has 0 atom stereocenters. The van der Waals surface area contributed by atoms with Gasteiger partial charge in [-0.3, -0.25) is 0 Å². The van der Waals surface area contributed by atoms with Crippen LogP contribution in [-0.2, 0) is 6.18 Å². The minimum absolute atomic E-state index is 0.142. The largest absolute Gasteiger partial charge is 0.417 e. The average Bonchev–Trinajstić information content (AvgIpc) is 4.15. The van der Waals surface area contributed by atoms with Gasteiger partial charge in [-0.05, 0) is 84.9 Å². The summed E-state index contributed by atoms with van der Waals surface area (Å²) < 4.78 is 55.3. The quantitative estimate of drug-likeness (QED) is 0.173. The zero-order chi connectivity index (χ0) is 48.4. The predicted molar refractivity (Wildman–Crippen MR) is 284 cm³/mol. The van der Waals surface area contributed by atoms with Crippen molar-refractivity contribution in [2.45, 2.75) is 6.18 Å². The number of aromatic nitrogens is 4. The molecule has 0 spiro atoms. The van der Waals surface area contributed by atoms with Gasteiger partial charge in [-0.25, -0.2) is 0 Å². The molecule has 0 N–H and O–H groups in total. The molecule has 4 heterocycles. The van der Waals surface area contributed by atoms with E-state index in [4.69, 9.17) is 0 Å². The Morgan fingerprint density at radius 3 is 1.07 bits per heavy atom. The minimum atomic E-state index is -4.85. The molecule has 0 aliphatic heterocycles. The number of benzene rings is 10. The van der Waals surface area contributed by atoms with Crippen molar-refractivity contribution in [3.05, 3.63) is 229 Å². The molecule has 14 rings (SSSR count). The molecule has 9 heteroatoms. The van der Waals surface area contributed by atoms with Gasteiger partial charge in [0.15, 0.2) is 0 Å². The number of halogens is 3. The zero-order valence-electron chi connectivity index (χ0n) is 38.0. The summed E-state index contributed by atoms with van der Waals surface area (Å²) in [6.45, 7) is 0. The maximum absolute atomic E-state index is 15.7. The average molecular weight is 933 g/mol. The molecule has 4 aromatic heterocycles. The summed E-state index contributed by atoms with van der Waals surface area (Å²) in [6, 6.07) is 72.9. The van der Waals surface area contributed by atoms with E-state index in [2.05, 4.69) is 106 Å². The molecule has 0 aliphatic rings. The maximum Gasteiger partial charge on any atom is 0.417 e. The third kappa shape index (κ3) is 5.83. The van der Waals surface area contributed by atoms with Gasteiger partial charge in [0.05, 0.1) is 78.3 Å². The number of hydrogen-bond acceptors (Lipinski definition) is 2. The van der Waals surface area contributed by atoms with Crippen LogP contribution in [0.25, 0.3) is 121 Å². The molecular formula is C63H35F3N6. The topological polar surface area (TPSA) is 67.3 Å².